The van der Waals surface area contributed by atoms with Gasteiger partial charge in [-0.1, -0.05) is 12.1 Å². The van der Waals surface area contributed by atoms with Crippen LogP contribution < -0.4 is 16.0 Å². The van der Waals surface area contributed by atoms with Crippen LogP contribution in [-0.4, -0.2) is 12.7 Å². The molecular weight excluding hydrogens is 182 g/mol. The van der Waals surface area contributed by atoms with Gasteiger partial charge in [0.25, 0.3) is 0 Å². The maximum absolute atomic E-state index is 10.6. The Morgan fingerprint density at radius 1 is 1.50 bits per heavy atom. The van der Waals surface area contributed by atoms with Crippen molar-refractivity contribution in [3.05, 3.63) is 24.3 Å². The Morgan fingerprint density at radius 3 is 3.07 bits per heavy atom. The van der Waals surface area contributed by atoms with E-state index in [1.165, 1.54) is 6.92 Å². The third-order valence-corrected chi connectivity index (χ3v) is 1.92. The molecule has 0 fully saturated rings. The first kappa shape index (κ1) is 8.83. The van der Waals surface area contributed by atoms with Crippen LogP contribution in [0.2, 0.25) is 0 Å². The number of para-hydroxylation sites is 2. The van der Waals surface area contributed by atoms with E-state index in [0.717, 1.165) is 11.4 Å². The number of benzene rings is 1. The molecule has 5 nitrogen and oxygen atoms in total. The largest absolute Gasteiger partial charge is 0.443 e. The number of nitrogens with zero attached hydrogens (tertiary/aromatic N) is 1. The molecule has 1 aliphatic rings. The summed E-state index contributed by atoms with van der Waals surface area (Å²) in [5, 5.41) is 1.72. The molecule has 0 bridgehead atoms. The number of hydrazine groups is 2. The lowest BCUT2D eigenvalue weighted by Crippen LogP contribution is -2.38. The fourth-order valence-corrected chi connectivity index (χ4v) is 1.26. The van der Waals surface area contributed by atoms with Crippen molar-refractivity contribution in [2.75, 3.05) is 17.2 Å². The van der Waals surface area contributed by atoms with E-state index in [4.69, 9.17) is 4.74 Å². The molecule has 0 aliphatic carbocycles. The van der Waals surface area contributed by atoms with E-state index in [9.17, 15) is 4.79 Å². The van der Waals surface area contributed by atoms with Crippen molar-refractivity contribution in [1.29, 1.82) is 0 Å². The predicted molar refractivity (Wildman–Crippen MR) is 52.3 cm³/mol. The number of fused-ring (bicyclic) bond motifs is 1. The zero-order valence-electron chi connectivity index (χ0n) is 7.78. The number of ether oxygens (including phenoxy) is 1. The minimum absolute atomic E-state index is 0.194. The van der Waals surface area contributed by atoms with Crippen molar-refractivity contribution >= 4 is 17.3 Å². The summed E-state index contributed by atoms with van der Waals surface area (Å²) in [7, 11) is 0. The van der Waals surface area contributed by atoms with Crippen LogP contribution >= 0.6 is 0 Å². The van der Waals surface area contributed by atoms with Crippen molar-refractivity contribution in [3.63, 3.8) is 0 Å². The van der Waals surface area contributed by atoms with E-state index >= 15 is 0 Å². The minimum Gasteiger partial charge on any atom is -0.443 e. The van der Waals surface area contributed by atoms with Crippen molar-refractivity contribution in [2.24, 2.45) is 0 Å². The summed E-state index contributed by atoms with van der Waals surface area (Å²) >= 11 is 0. The average Bonchev–Trinajstić information content (AvgIpc) is 2.58. The molecule has 0 atom stereocenters. The van der Waals surface area contributed by atoms with Gasteiger partial charge in [-0.05, 0) is 12.1 Å². The molecule has 0 saturated heterocycles. The SMILES string of the molecule is CC(=O)OCN1NNc2ccccc21. The van der Waals surface area contributed by atoms with E-state index in [1.807, 2.05) is 24.3 Å². The zero-order chi connectivity index (χ0) is 9.97. The van der Waals surface area contributed by atoms with Gasteiger partial charge >= 0.3 is 5.97 Å². The number of hydrogen-bond donors (Lipinski definition) is 2. The molecule has 0 saturated carbocycles. The number of carbonyl (C=O) groups excluding carboxylic acids is 1. The quantitative estimate of drug-likeness (QED) is 0.682. The fourth-order valence-electron chi connectivity index (χ4n) is 1.26. The summed E-state index contributed by atoms with van der Waals surface area (Å²) < 4.78 is 4.87. The first-order valence-electron chi connectivity index (χ1n) is 4.29. The molecule has 0 radical (unpaired) electrons. The van der Waals surface area contributed by atoms with Crippen LogP contribution in [0.4, 0.5) is 11.4 Å². The Morgan fingerprint density at radius 2 is 2.29 bits per heavy atom. The molecule has 14 heavy (non-hydrogen) atoms. The van der Waals surface area contributed by atoms with Gasteiger partial charge in [0.2, 0.25) is 0 Å². The predicted octanol–water partition coefficient (Wildman–Crippen LogP) is 0.859. The second-order valence-corrected chi connectivity index (χ2v) is 2.95. The van der Waals surface area contributed by atoms with Crippen LogP contribution in [0, 0.1) is 0 Å². The average molecular weight is 193 g/mol. The fraction of sp³-hybridized carbons (Fsp3) is 0.222. The summed E-state index contributed by atoms with van der Waals surface area (Å²) in [6.45, 7) is 1.58. The molecule has 0 aromatic heterocycles. The maximum atomic E-state index is 10.6. The molecule has 74 valence electrons. The van der Waals surface area contributed by atoms with E-state index in [0.29, 0.717) is 0 Å². The lowest BCUT2D eigenvalue weighted by atomic mass is 10.3. The van der Waals surface area contributed by atoms with E-state index in [-0.39, 0.29) is 12.7 Å². The third-order valence-electron chi connectivity index (χ3n) is 1.92. The molecule has 1 aliphatic heterocycles. The van der Waals surface area contributed by atoms with Crippen molar-refractivity contribution in [1.82, 2.24) is 5.53 Å². The van der Waals surface area contributed by atoms with Gasteiger partial charge in [-0.2, -0.15) is 0 Å². The molecular formula is C9H11N3O2. The first-order valence-corrected chi connectivity index (χ1v) is 4.29. The third kappa shape index (κ3) is 1.62. The molecule has 2 N–H and O–H groups in total. The van der Waals surface area contributed by atoms with Gasteiger partial charge in [-0.25, -0.2) is 0 Å². The molecule has 5 heteroatoms. The highest BCUT2D eigenvalue weighted by molar-refractivity contribution is 5.73. The number of rotatable bonds is 2. The van der Waals surface area contributed by atoms with Gasteiger partial charge in [0, 0.05) is 6.92 Å². The van der Waals surface area contributed by atoms with Gasteiger partial charge in [0.15, 0.2) is 6.73 Å². The Kier molecular flexibility index (Phi) is 2.24. The monoisotopic (exact) mass is 193 g/mol. The Hall–Kier alpha value is -1.75. The number of nitrogens with one attached hydrogen (secondary N) is 2. The van der Waals surface area contributed by atoms with Gasteiger partial charge < -0.3 is 10.2 Å². The molecule has 1 aromatic carbocycles. The molecule has 0 spiro atoms. The molecule has 2 rings (SSSR count). The van der Waals surface area contributed by atoms with Crippen LogP contribution in [-0.2, 0) is 9.53 Å². The number of anilines is 2. The maximum Gasteiger partial charge on any atom is 0.304 e. The van der Waals surface area contributed by atoms with Crippen LogP contribution in [0.3, 0.4) is 0 Å². The topological polar surface area (TPSA) is 53.6 Å². The van der Waals surface area contributed by atoms with Crippen molar-refractivity contribution in [3.8, 4) is 0 Å². The van der Waals surface area contributed by atoms with Gasteiger partial charge in [0.05, 0.1) is 11.4 Å². The van der Waals surface area contributed by atoms with Crippen LogP contribution in [0.25, 0.3) is 0 Å². The second-order valence-electron chi connectivity index (χ2n) is 2.95. The van der Waals surface area contributed by atoms with Gasteiger partial charge in [-0.15, -0.1) is 5.53 Å². The highest BCUT2D eigenvalue weighted by Gasteiger charge is 2.17. The summed E-state index contributed by atoms with van der Waals surface area (Å²) in [6.07, 6.45) is 0. The van der Waals surface area contributed by atoms with E-state index in [1.54, 1.807) is 5.01 Å². The normalized spacial score (nSPS) is 13.4. The summed E-state index contributed by atoms with van der Waals surface area (Å²) in [6, 6.07) is 7.74. The lowest BCUT2D eigenvalue weighted by molar-refractivity contribution is -0.141. The van der Waals surface area contributed by atoms with E-state index < -0.39 is 0 Å². The molecule has 1 heterocycles. The Labute approximate surface area is 81.6 Å². The van der Waals surface area contributed by atoms with Crippen LogP contribution in [0.1, 0.15) is 6.92 Å². The summed E-state index contributed by atoms with van der Waals surface area (Å²) in [4.78, 5) is 10.6. The Balaban J connectivity index is 2.07. The standard InChI is InChI=1S/C9H11N3O2/c1-7(13)14-6-12-9-5-3-2-4-8(9)10-11-12/h2-5,10-11H,6H2,1H3. The lowest BCUT2D eigenvalue weighted by Gasteiger charge is -2.16. The number of hydrogen-bond acceptors (Lipinski definition) is 5. The van der Waals surface area contributed by atoms with Crippen molar-refractivity contribution in [2.45, 2.75) is 6.92 Å². The number of carbonyl (C=O) groups is 1. The molecule has 0 unspecified atom stereocenters. The summed E-state index contributed by atoms with van der Waals surface area (Å²) in [5.74, 6) is -0.295. The van der Waals surface area contributed by atoms with E-state index in [2.05, 4.69) is 11.0 Å². The Bertz CT molecular complexity index is 354. The summed E-state index contributed by atoms with van der Waals surface area (Å²) in [5.41, 5.74) is 7.78. The van der Waals surface area contributed by atoms with Gasteiger partial charge in [0.1, 0.15) is 0 Å². The smallest absolute Gasteiger partial charge is 0.304 e. The second kappa shape index (κ2) is 3.55. The number of esters is 1. The minimum atomic E-state index is -0.295. The van der Waals surface area contributed by atoms with Crippen LogP contribution in [0.5, 0.6) is 0 Å². The van der Waals surface area contributed by atoms with Gasteiger partial charge in [-0.3, -0.25) is 9.80 Å². The first-order chi connectivity index (χ1) is 6.77. The molecule has 0 amide bonds. The zero-order valence-corrected chi connectivity index (χ0v) is 7.78. The highest BCUT2D eigenvalue weighted by Crippen LogP contribution is 2.27. The molecule has 1 aromatic rings. The van der Waals surface area contributed by atoms with Crippen molar-refractivity contribution < 1.29 is 9.53 Å². The van der Waals surface area contributed by atoms with Crippen LogP contribution in [0.15, 0.2) is 24.3 Å². The highest BCUT2D eigenvalue weighted by atomic mass is 16.5.